The van der Waals surface area contributed by atoms with E-state index in [1.54, 1.807) is 0 Å². The van der Waals surface area contributed by atoms with Crippen LogP contribution < -0.4 is 0 Å². The van der Waals surface area contributed by atoms with Crippen molar-refractivity contribution in [2.45, 2.75) is 52.9 Å². The third kappa shape index (κ3) is 5.39. The number of halogens is 2. The summed E-state index contributed by atoms with van der Waals surface area (Å²) in [4.78, 5) is 0. The molecule has 1 aromatic carbocycles. The predicted octanol–water partition coefficient (Wildman–Crippen LogP) is 5.61. The van der Waals surface area contributed by atoms with E-state index in [9.17, 15) is 8.78 Å². The summed E-state index contributed by atoms with van der Waals surface area (Å²) in [5.41, 5.74) is 2.80. The first-order chi connectivity index (χ1) is 12.5. The normalized spacial score (nSPS) is 17.5. The topological polar surface area (TPSA) is 27.7 Å². The van der Waals surface area contributed by atoms with Gasteiger partial charge >= 0.3 is 0 Å². The molecular weight excluding hydrogens is 338 g/mol. The SMILES string of the molecule is CCc1ccc(COC(C)OCC(C)C2=C(F)C(F)=C(OC)CC2)cc1. The summed E-state index contributed by atoms with van der Waals surface area (Å²) >= 11 is 0. The van der Waals surface area contributed by atoms with Gasteiger partial charge < -0.3 is 14.2 Å². The quantitative estimate of drug-likeness (QED) is 0.532. The fourth-order valence-electron chi connectivity index (χ4n) is 2.90. The zero-order valence-electron chi connectivity index (χ0n) is 16.0. The molecule has 0 fully saturated rings. The Kier molecular flexibility index (Phi) is 7.79. The molecule has 0 saturated carbocycles. The molecule has 5 heteroatoms. The second-order valence-electron chi connectivity index (χ2n) is 6.56. The largest absolute Gasteiger partial charge is 0.498 e. The third-order valence-corrected chi connectivity index (χ3v) is 4.68. The van der Waals surface area contributed by atoms with Gasteiger partial charge in [0.2, 0.25) is 0 Å². The summed E-state index contributed by atoms with van der Waals surface area (Å²) in [6.45, 7) is 6.48. The van der Waals surface area contributed by atoms with Gasteiger partial charge in [0.1, 0.15) is 5.76 Å². The number of hydrogen-bond acceptors (Lipinski definition) is 3. The van der Waals surface area contributed by atoms with Crippen LogP contribution in [0.1, 0.15) is 44.7 Å². The zero-order valence-corrected chi connectivity index (χ0v) is 16.0. The minimum atomic E-state index is -0.888. The molecule has 0 amide bonds. The summed E-state index contributed by atoms with van der Waals surface area (Å²) in [5, 5.41) is 0. The number of rotatable bonds is 9. The number of methoxy groups -OCH3 is 1. The minimum Gasteiger partial charge on any atom is -0.498 e. The number of benzene rings is 1. The van der Waals surface area contributed by atoms with Crippen LogP contribution in [-0.4, -0.2) is 20.0 Å². The lowest BCUT2D eigenvalue weighted by molar-refractivity contribution is -0.142. The van der Waals surface area contributed by atoms with E-state index in [0.29, 0.717) is 25.0 Å². The molecule has 0 bridgehead atoms. The molecule has 1 aromatic rings. The van der Waals surface area contributed by atoms with Gasteiger partial charge in [0, 0.05) is 12.3 Å². The summed E-state index contributed by atoms with van der Waals surface area (Å²) in [6, 6.07) is 8.25. The van der Waals surface area contributed by atoms with Gasteiger partial charge in [-0.1, -0.05) is 38.1 Å². The molecule has 26 heavy (non-hydrogen) atoms. The van der Waals surface area contributed by atoms with Crippen molar-refractivity contribution in [1.29, 1.82) is 0 Å². The second-order valence-corrected chi connectivity index (χ2v) is 6.56. The molecular formula is C21H28F2O3. The Hall–Kier alpha value is -1.72. The molecule has 0 N–H and O–H groups in total. The van der Waals surface area contributed by atoms with Crippen molar-refractivity contribution in [3.8, 4) is 0 Å². The van der Waals surface area contributed by atoms with Crippen LogP contribution in [0.4, 0.5) is 8.78 Å². The predicted molar refractivity (Wildman–Crippen MR) is 97.7 cm³/mol. The van der Waals surface area contributed by atoms with E-state index in [1.807, 2.05) is 26.0 Å². The fourth-order valence-corrected chi connectivity index (χ4v) is 2.90. The van der Waals surface area contributed by atoms with E-state index in [-0.39, 0.29) is 18.3 Å². The van der Waals surface area contributed by atoms with Crippen molar-refractivity contribution < 1.29 is 23.0 Å². The third-order valence-electron chi connectivity index (χ3n) is 4.68. The van der Waals surface area contributed by atoms with Crippen molar-refractivity contribution in [2.24, 2.45) is 5.92 Å². The highest BCUT2D eigenvalue weighted by Gasteiger charge is 2.26. The van der Waals surface area contributed by atoms with Crippen LogP contribution in [0.2, 0.25) is 0 Å². The second kappa shape index (κ2) is 9.83. The van der Waals surface area contributed by atoms with E-state index in [4.69, 9.17) is 14.2 Å². The van der Waals surface area contributed by atoms with E-state index >= 15 is 0 Å². The van der Waals surface area contributed by atoms with Crippen LogP contribution >= 0.6 is 0 Å². The highest BCUT2D eigenvalue weighted by molar-refractivity contribution is 5.33. The summed E-state index contributed by atoms with van der Waals surface area (Å²) in [5.74, 6) is -1.85. The Morgan fingerprint density at radius 3 is 2.23 bits per heavy atom. The number of hydrogen-bond donors (Lipinski definition) is 0. The lowest BCUT2D eigenvalue weighted by atomic mass is 9.92. The van der Waals surface area contributed by atoms with Crippen LogP contribution in [0.3, 0.4) is 0 Å². The lowest BCUT2D eigenvalue weighted by Gasteiger charge is -2.23. The first-order valence-corrected chi connectivity index (χ1v) is 9.08. The lowest BCUT2D eigenvalue weighted by Crippen LogP contribution is -2.20. The monoisotopic (exact) mass is 366 g/mol. The van der Waals surface area contributed by atoms with Gasteiger partial charge in [-0.05, 0) is 36.5 Å². The molecule has 3 nitrogen and oxygen atoms in total. The van der Waals surface area contributed by atoms with Gasteiger partial charge in [-0.25, -0.2) is 8.78 Å². The maximum atomic E-state index is 14.2. The molecule has 0 aromatic heterocycles. The Bertz CT molecular complexity index is 650. The highest BCUT2D eigenvalue weighted by Crippen LogP contribution is 2.36. The highest BCUT2D eigenvalue weighted by atomic mass is 19.2. The first-order valence-electron chi connectivity index (χ1n) is 9.08. The summed E-state index contributed by atoms with van der Waals surface area (Å²) < 4.78 is 44.3. The average Bonchev–Trinajstić information content (AvgIpc) is 2.66. The summed E-state index contributed by atoms with van der Waals surface area (Å²) in [7, 11) is 1.36. The molecule has 144 valence electrons. The van der Waals surface area contributed by atoms with Crippen LogP contribution in [0.15, 0.2) is 47.3 Å². The Morgan fingerprint density at radius 1 is 0.962 bits per heavy atom. The molecule has 1 aliphatic carbocycles. The molecule has 0 saturated heterocycles. The van der Waals surface area contributed by atoms with Gasteiger partial charge in [-0.2, -0.15) is 0 Å². The molecule has 0 heterocycles. The van der Waals surface area contributed by atoms with Crippen LogP contribution in [0, 0.1) is 5.92 Å². The molecule has 2 unspecified atom stereocenters. The maximum absolute atomic E-state index is 14.2. The van der Waals surface area contributed by atoms with Gasteiger partial charge in [-0.3, -0.25) is 0 Å². The van der Waals surface area contributed by atoms with Gasteiger partial charge in [0.15, 0.2) is 17.9 Å². The fraction of sp³-hybridized carbons (Fsp3) is 0.524. The minimum absolute atomic E-state index is 0.0742. The van der Waals surface area contributed by atoms with E-state index < -0.39 is 17.9 Å². The number of allylic oxidation sites excluding steroid dienone is 3. The van der Waals surface area contributed by atoms with Crippen molar-refractivity contribution >= 4 is 0 Å². The van der Waals surface area contributed by atoms with Gasteiger partial charge in [0.25, 0.3) is 0 Å². The van der Waals surface area contributed by atoms with E-state index in [2.05, 4.69) is 19.1 Å². The molecule has 2 atom stereocenters. The zero-order chi connectivity index (χ0) is 19.1. The van der Waals surface area contributed by atoms with Crippen molar-refractivity contribution in [2.75, 3.05) is 13.7 Å². The van der Waals surface area contributed by atoms with Gasteiger partial charge in [0.05, 0.1) is 20.3 Å². The molecule has 2 rings (SSSR count). The van der Waals surface area contributed by atoms with Crippen molar-refractivity contribution in [1.82, 2.24) is 0 Å². The Labute approximate surface area is 154 Å². The van der Waals surface area contributed by atoms with Crippen LogP contribution in [0.25, 0.3) is 0 Å². The maximum Gasteiger partial charge on any atom is 0.196 e. The number of aryl methyl sites for hydroxylation is 1. The molecule has 1 aliphatic rings. The van der Waals surface area contributed by atoms with E-state index in [0.717, 1.165) is 12.0 Å². The average molecular weight is 366 g/mol. The first kappa shape index (κ1) is 20.6. The van der Waals surface area contributed by atoms with Gasteiger partial charge in [-0.15, -0.1) is 0 Å². The van der Waals surface area contributed by atoms with Crippen molar-refractivity contribution in [3.05, 3.63) is 58.4 Å². The molecule has 0 radical (unpaired) electrons. The molecule has 0 spiro atoms. The number of ether oxygens (including phenoxy) is 3. The van der Waals surface area contributed by atoms with Crippen LogP contribution in [0.5, 0.6) is 0 Å². The Morgan fingerprint density at radius 2 is 1.62 bits per heavy atom. The van der Waals surface area contributed by atoms with Crippen LogP contribution in [-0.2, 0) is 27.2 Å². The standard InChI is InChI=1S/C21H28F2O3/c1-5-16-6-8-17(9-7-16)13-26-15(3)25-12-14(2)18-10-11-19(24-4)21(23)20(18)22/h6-9,14-15H,5,10-13H2,1-4H3. The summed E-state index contributed by atoms with van der Waals surface area (Å²) in [6.07, 6.45) is 1.39. The Balaban J connectivity index is 1.82. The molecule has 0 aliphatic heterocycles. The van der Waals surface area contributed by atoms with Crippen molar-refractivity contribution in [3.63, 3.8) is 0 Å². The smallest absolute Gasteiger partial charge is 0.196 e. The van der Waals surface area contributed by atoms with E-state index in [1.165, 1.54) is 12.7 Å².